The molecule has 0 aliphatic heterocycles. The molecule has 1 aromatic heterocycles. The Labute approximate surface area is 145 Å². The van der Waals surface area contributed by atoms with E-state index in [1.165, 1.54) is 0 Å². The molecule has 124 valence electrons. The van der Waals surface area contributed by atoms with Crippen LogP contribution >= 0.6 is 11.8 Å². The van der Waals surface area contributed by atoms with E-state index in [0.29, 0.717) is 0 Å². The molecule has 0 saturated carbocycles. The number of thioether (sulfide) groups is 1. The zero-order chi connectivity index (χ0) is 16.9. The molecule has 0 spiro atoms. The first kappa shape index (κ1) is 16.4. The first-order valence-corrected chi connectivity index (χ1v) is 8.63. The minimum atomic E-state index is 0.758. The van der Waals surface area contributed by atoms with E-state index in [1.807, 2.05) is 53.1 Å². The van der Waals surface area contributed by atoms with Gasteiger partial charge in [-0.2, -0.15) is 0 Å². The molecular formula is C18H19N3O2S. The number of rotatable bonds is 6. The molecule has 0 radical (unpaired) electrons. The lowest BCUT2D eigenvalue weighted by atomic mass is 10.2. The molecule has 24 heavy (non-hydrogen) atoms. The second-order valence-electron chi connectivity index (χ2n) is 4.97. The van der Waals surface area contributed by atoms with Crippen LogP contribution in [0.3, 0.4) is 0 Å². The van der Waals surface area contributed by atoms with Crippen LogP contribution in [-0.4, -0.2) is 34.7 Å². The molecule has 0 N–H and O–H groups in total. The van der Waals surface area contributed by atoms with E-state index in [9.17, 15) is 0 Å². The van der Waals surface area contributed by atoms with Crippen LogP contribution in [0.4, 0.5) is 0 Å². The number of benzene rings is 2. The van der Waals surface area contributed by atoms with Crippen molar-refractivity contribution >= 4 is 11.8 Å². The van der Waals surface area contributed by atoms with Crippen molar-refractivity contribution in [2.24, 2.45) is 0 Å². The Kier molecular flexibility index (Phi) is 5.05. The van der Waals surface area contributed by atoms with Gasteiger partial charge in [-0.25, -0.2) is 0 Å². The van der Waals surface area contributed by atoms with Gasteiger partial charge < -0.3 is 9.47 Å². The minimum absolute atomic E-state index is 0.758. The topological polar surface area (TPSA) is 49.2 Å². The van der Waals surface area contributed by atoms with E-state index in [0.717, 1.165) is 39.5 Å². The highest BCUT2D eigenvalue weighted by atomic mass is 32.2. The summed E-state index contributed by atoms with van der Waals surface area (Å²) in [6.45, 7) is 2.10. The third-order valence-electron chi connectivity index (χ3n) is 3.59. The molecule has 0 aliphatic carbocycles. The Morgan fingerprint density at radius 3 is 2.38 bits per heavy atom. The summed E-state index contributed by atoms with van der Waals surface area (Å²) in [5, 5.41) is 9.63. The molecular weight excluding hydrogens is 322 g/mol. The van der Waals surface area contributed by atoms with Gasteiger partial charge >= 0.3 is 0 Å². The second kappa shape index (κ2) is 7.40. The normalized spacial score (nSPS) is 10.6. The molecule has 0 fully saturated rings. The average Bonchev–Trinajstić information content (AvgIpc) is 3.05. The van der Waals surface area contributed by atoms with Gasteiger partial charge in [-0.3, -0.25) is 4.57 Å². The Morgan fingerprint density at radius 1 is 0.958 bits per heavy atom. The third-order valence-corrected chi connectivity index (χ3v) is 4.40. The zero-order valence-electron chi connectivity index (χ0n) is 13.9. The highest BCUT2D eigenvalue weighted by Gasteiger charge is 2.18. The summed E-state index contributed by atoms with van der Waals surface area (Å²) in [5.41, 5.74) is 1.89. The molecule has 0 atom stereocenters. The average molecular weight is 341 g/mol. The van der Waals surface area contributed by atoms with E-state index in [1.54, 1.807) is 26.0 Å². The largest absolute Gasteiger partial charge is 0.497 e. The molecule has 5 nitrogen and oxygen atoms in total. The number of hydrogen-bond donors (Lipinski definition) is 0. The van der Waals surface area contributed by atoms with Crippen LogP contribution in [0.1, 0.15) is 6.92 Å². The fourth-order valence-electron chi connectivity index (χ4n) is 2.46. The minimum Gasteiger partial charge on any atom is -0.497 e. The second-order valence-corrected chi connectivity index (χ2v) is 6.20. The van der Waals surface area contributed by atoms with Crippen molar-refractivity contribution in [2.75, 3.05) is 20.0 Å². The van der Waals surface area contributed by atoms with Crippen LogP contribution in [0.15, 0.2) is 53.7 Å². The Hall–Kier alpha value is -2.47. The quantitative estimate of drug-likeness (QED) is 0.633. The van der Waals surface area contributed by atoms with Crippen LogP contribution in [0, 0.1) is 0 Å². The number of nitrogens with zero attached hydrogens (tertiary/aromatic N) is 3. The van der Waals surface area contributed by atoms with Crippen LogP contribution < -0.4 is 9.47 Å². The van der Waals surface area contributed by atoms with Crippen LogP contribution in [-0.2, 0) is 0 Å². The van der Waals surface area contributed by atoms with Gasteiger partial charge in [0.25, 0.3) is 0 Å². The lowest BCUT2D eigenvalue weighted by molar-refractivity contribution is 0.414. The van der Waals surface area contributed by atoms with E-state index in [2.05, 4.69) is 17.1 Å². The van der Waals surface area contributed by atoms with Gasteiger partial charge in [-0.15, -0.1) is 10.2 Å². The van der Waals surface area contributed by atoms with Crippen molar-refractivity contribution in [2.45, 2.75) is 12.1 Å². The lowest BCUT2D eigenvalue weighted by Crippen LogP contribution is -2.01. The van der Waals surface area contributed by atoms with Crippen molar-refractivity contribution in [3.63, 3.8) is 0 Å². The molecule has 0 aliphatic rings. The van der Waals surface area contributed by atoms with Crippen molar-refractivity contribution < 1.29 is 9.47 Å². The smallest absolute Gasteiger partial charge is 0.196 e. The monoisotopic (exact) mass is 341 g/mol. The van der Waals surface area contributed by atoms with Crippen LogP contribution in [0.2, 0.25) is 0 Å². The lowest BCUT2D eigenvalue weighted by Gasteiger charge is -2.12. The highest BCUT2D eigenvalue weighted by Crippen LogP contribution is 2.33. The first-order valence-electron chi connectivity index (χ1n) is 7.64. The fourth-order valence-corrected chi connectivity index (χ4v) is 3.14. The highest BCUT2D eigenvalue weighted by molar-refractivity contribution is 7.99. The van der Waals surface area contributed by atoms with Crippen molar-refractivity contribution in [3.8, 4) is 28.6 Å². The summed E-state index contributed by atoms with van der Waals surface area (Å²) in [4.78, 5) is 0. The molecule has 0 bridgehead atoms. The van der Waals surface area contributed by atoms with E-state index in [-0.39, 0.29) is 0 Å². The maximum absolute atomic E-state index is 5.49. The van der Waals surface area contributed by atoms with E-state index in [4.69, 9.17) is 9.47 Å². The Morgan fingerprint density at radius 2 is 1.71 bits per heavy atom. The number of aromatic nitrogens is 3. The summed E-state index contributed by atoms with van der Waals surface area (Å²) in [5.74, 6) is 3.26. The van der Waals surface area contributed by atoms with E-state index >= 15 is 0 Å². The molecule has 0 saturated heterocycles. The molecule has 3 rings (SSSR count). The Balaban J connectivity index is 2.16. The van der Waals surface area contributed by atoms with E-state index < -0.39 is 0 Å². The van der Waals surface area contributed by atoms with Gasteiger partial charge in [-0.1, -0.05) is 30.8 Å². The van der Waals surface area contributed by atoms with Gasteiger partial charge in [0.1, 0.15) is 11.5 Å². The Bertz CT molecular complexity index is 815. The molecule has 0 amide bonds. The summed E-state index contributed by atoms with van der Waals surface area (Å²) in [6, 6.07) is 15.7. The molecule has 2 aromatic carbocycles. The number of hydrogen-bond acceptors (Lipinski definition) is 5. The van der Waals surface area contributed by atoms with Gasteiger partial charge in [0.2, 0.25) is 0 Å². The molecule has 6 heteroatoms. The SMILES string of the molecule is CCSc1nnc(-c2ccccc2OC)n1-c1ccc(OC)cc1. The standard InChI is InChI=1S/C18H19N3O2S/c1-4-24-18-20-19-17(15-7-5-6-8-16(15)23-3)21(18)13-9-11-14(22-2)12-10-13/h5-12H,4H2,1-3H3. The number of ether oxygens (including phenoxy) is 2. The summed E-state index contributed by atoms with van der Waals surface area (Å²) < 4.78 is 12.8. The van der Waals surface area contributed by atoms with Crippen molar-refractivity contribution in [1.82, 2.24) is 14.8 Å². The van der Waals surface area contributed by atoms with Crippen molar-refractivity contribution in [1.29, 1.82) is 0 Å². The number of para-hydroxylation sites is 1. The predicted octanol–water partition coefficient (Wildman–Crippen LogP) is 4.06. The fraction of sp³-hybridized carbons (Fsp3) is 0.222. The summed E-state index contributed by atoms with van der Waals surface area (Å²) in [6.07, 6.45) is 0. The van der Waals surface area contributed by atoms with Crippen LogP contribution in [0.5, 0.6) is 11.5 Å². The maximum Gasteiger partial charge on any atom is 0.196 e. The van der Waals surface area contributed by atoms with Gasteiger partial charge in [0.05, 0.1) is 25.5 Å². The predicted molar refractivity (Wildman–Crippen MR) is 96.3 cm³/mol. The zero-order valence-corrected chi connectivity index (χ0v) is 14.7. The molecule has 0 unspecified atom stereocenters. The van der Waals surface area contributed by atoms with Gasteiger partial charge in [-0.05, 0) is 42.2 Å². The third kappa shape index (κ3) is 3.10. The first-order chi connectivity index (χ1) is 11.8. The maximum atomic E-state index is 5.49. The van der Waals surface area contributed by atoms with Gasteiger partial charge in [0, 0.05) is 0 Å². The number of methoxy groups -OCH3 is 2. The summed E-state index contributed by atoms with van der Waals surface area (Å²) >= 11 is 1.65. The molecule has 3 aromatic rings. The molecule has 1 heterocycles. The van der Waals surface area contributed by atoms with Crippen molar-refractivity contribution in [3.05, 3.63) is 48.5 Å². The van der Waals surface area contributed by atoms with Crippen LogP contribution in [0.25, 0.3) is 17.1 Å². The van der Waals surface area contributed by atoms with Gasteiger partial charge in [0.15, 0.2) is 11.0 Å². The summed E-state index contributed by atoms with van der Waals surface area (Å²) in [7, 11) is 3.32.